The predicted molar refractivity (Wildman–Crippen MR) is 97.9 cm³/mol. The van der Waals surface area contributed by atoms with Crippen LogP contribution in [0.1, 0.15) is 17.9 Å². The zero-order valence-electron chi connectivity index (χ0n) is 13.4. The lowest BCUT2D eigenvalue weighted by Crippen LogP contribution is -2.12. The number of rotatable bonds is 5. The quantitative estimate of drug-likeness (QED) is 0.686. The molecule has 25 heavy (non-hydrogen) atoms. The minimum atomic E-state index is -0.173. The highest BCUT2D eigenvalue weighted by Crippen LogP contribution is 2.25. The Morgan fingerprint density at radius 2 is 1.88 bits per heavy atom. The number of nitrogens with zero attached hydrogens (tertiary/aromatic N) is 2. The van der Waals surface area contributed by atoms with E-state index < -0.39 is 0 Å². The van der Waals surface area contributed by atoms with Gasteiger partial charge in [-0.1, -0.05) is 58.2 Å². The normalized spacial score (nSPS) is 10.7. The van der Waals surface area contributed by atoms with E-state index in [9.17, 15) is 4.79 Å². The third-order valence-corrected chi connectivity index (χ3v) is 4.29. The molecule has 5 nitrogen and oxygen atoms in total. The van der Waals surface area contributed by atoms with Gasteiger partial charge >= 0.3 is 0 Å². The third kappa shape index (κ3) is 4.59. The van der Waals surface area contributed by atoms with Crippen molar-refractivity contribution in [2.45, 2.75) is 19.8 Å². The second kappa shape index (κ2) is 7.68. The summed E-state index contributed by atoms with van der Waals surface area (Å²) in [6, 6.07) is 12.7. The van der Waals surface area contributed by atoms with Crippen LogP contribution < -0.4 is 5.32 Å². The summed E-state index contributed by atoms with van der Waals surface area (Å²) in [5, 5.41) is 7.53. The number of hydrogen-bond donors (Lipinski definition) is 1. The number of benzene rings is 2. The molecule has 1 aromatic heterocycles. The monoisotopic (exact) mass is 375 g/mol. The van der Waals surface area contributed by atoms with E-state index in [1.165, 1.54) is 0 Å². The van der Waals surface area contributed by atoms with E-state index in [4.69, 9.17) is 27.7 Å². The van der Waals surface area contributed by atoms with E-state index in [1.54, 1.807) is 18.2 Å². The Kier molecular flexibility index (Phi) is 5.36. The fourth-order valence-corrected chi connectivity index (χ4v) is 2.49. The van der Waals surface area contributed by atoms with Crippen LogP contribution in [0, 0.1) is 6.92 Å². The molecule has 1 N–H and O–H groups in total. The highest BCUT2D eigenvalue weighted by Gasteiger charge is 2.11. The molecule has 0 atom stereocenters. The summed E-state index contributed by atoms with van der Waals surface area (Å²) >= 11 is 11.8. The SMILES string of the molecule is Cc1ccc(-c2noc(CCC(=O)Nc3ccc(Cl)c(Cl)c3)n2)cc1. The molecular formula is C18H15Cl2N3O2. The van der Waals surface area contributed by atoms with Gasteiger partial charge in [0.15, 0.2) is 0 Å². The second-order valence-corrected chi connectivity index (χ2v) is 6.37. The Hall–Kier alpha value is -2.37. The predicted octanol–water partition coefficient (Wildman–Crippen LogP) is 4.92. The van der Waals surface area contributed by atoms with Crippen molar-refractivity contribution >= 4 is 34.8 Å². The number of nitrogens with one attached hydrogen (secondary N) is 1. The van der Waals surface area contributed by atoms with E-state index in [0.717, 1.165) is 11.1 Å². The van der Waals surface area contributed by atoms with Crippen LogP contribution in [0.25, 0.3) is 11.4 Å². The first-order valence-electron chi connectivity index (χ1n) is 7.66. The van der Waals surface area contributed by atoms with Crippen LogP contribution in [0.15, 0.2) is 47.0 Å². The van der Waals surface area contributed by atoms with Crippen LogP contribution >= 0.6 is 23.2 Å². The first-order chi connectivity index (χ1) is 12.0. The van der Waals surface area contributed by atoms with Crippen LogP contribution in [0.5, 0.6) is 0 Å². The summed E-state index contributed by atoms with van der Waals surface area (Å²) in [7, 11) is 0. The van der Waals surface area contributed by atoms with Crippen LogP contribution in [0.4, 0.5) is 5.69 Å². The van der Waals surface area contributed by atoms with Crippen molar-refractivity contribution < 1.29 is 9.32 Å². The molecule has 128 valence electrons. The maximum absolute atomic E-state index is 12.0. The molecule has 7 heteroatoms. The Balaban J connectivity index is 1.57. The van der Waals surface area contributed by atoms with E-state index >= 15 is 0 Å². The van der Waals surface area contributed by atoms with Crippen LogP contribution in [-0.4, -0.2) is 16.0 Å². The first kappa shape index (κ1) is 17.5. The molecule has 0 aliphatic heterocycles. The molecule has 0 saturated carbocycles. The van der Waals surface area contributed by atoms with Crippen molar-refractivity contribution in [3.8, 4) is 11.4 Å². The Morgan fingerprint density at radius 3 is 2.60 bits per heavy atom. The fourth-order valence-electron chi connectivity index (χ4n) is 2.19. The lowest BCUT2D eigenvalue weighted by atomic mass is 10.1. The lowest BCUT2D eigenvalue weighted by molar-refractivity contribution is -0.116. The van der Waals surface area contributed by atoms with Gasteiger partial charge in [-0.05, 0) is 25.1 Å². The van der Waals surface area contributed by atoms with Crippen molar-refractivity contribution in [1.29, 1.82) is 0 Å². The van der Waals surface area contributed by atoms with Crippen LogP contribution in [0.3, 0.4) is 0 Å². The number of halogens is 2. The highest BCUT2D eigenvalue weighted by molar-refractivity contribution is 6.42. The number of aromatic nitrogens is 2. The first-order valence-corrected chi connectivity index (χ1v) is 8.41. The molecule has 1 heterocycles. The zero-order chi connectivity index (χ0) is 17.8. The van der Waals surface area contributed by atoms with Crippen molar-refractivity contribution in [1.82, 2.24) is 10.1 Å². The molecular weight excluding hydrogens is 361 g/mol. The summed E-state index contributed by atoms with van der Waals surface area (Å²) < 4.78 is 5.21. The second-order valence-electron chi connectivity index (χ2n) is 5.55. The molecule has 0 bridgehead atoms. The van der Waals surface area contributed by atoms with Gasteiger partial charge in [0, 0.05) is 24.1 Å². The number of hydrogen-bond acceptors (Lipinski definition) is 4. The molecule has 0 unspecified atom stereocenters. The van der Waals surface area contributed by atoms with E-state index in [1.807, 2.05) is 31.2 Å². The van der Waals surface area contributed by atoms with Gasteiger partial charge in [0.2, 0.25) is 17.6 Å². The van der Waals surface area contributed by atoms with Crippen molar-refractivity contribution in [2.24, 2.45) is 0 Å². The lowest BCUT2D eigenvalue weighted by Gasteiger charge is -2.05. The summed E-state index contributed by atoms with van der Waals surface area (Å²) in [5.74, 6) is 0.758. The van der Waals surface area contributed by atoms with Gasteiger partial charge in [0.1, 0.15) is 0 Å². The Morgan fingerprint density at radius 1 is 1.12 bits per heavy atom. The molecule has 0 saturated heterocycles. The standard InChI is InChI=1S/C18H15Cl2N3O2/c1-11-2-4-12(5-3-11)18-22-17(25-23-18)9-8-16(24)21-13-6-7-14(19)15(20)10-13/h2-7,10H,8-9H2,1H3,(H,21,24). The van der Waals surface area contributed by atoms with Gasteiger partial charge in [-0.3, -0.25) is 4.79 Å². The number of carbonyl (C=O) groups excluding carboxylic acids is 1. The molecule has 0 fully saturated rings. The van der Waals surface area contributed by atoms with E-state index in [2.05, 4.69) is 15.5 Å². The average molecular weight is 376 g/mol. The summed E-state index contributed by atoms with van der Waals surface area (Å²) in [5.41, 5.74) is 2.62. The van der Waals surface area contributed by atoms with Crippen LogP contribution in [-0.2, 0) is 11.2 Å². The smallest absolute Gasteiger partial charge is 0.227 e. The fraction of sp³-hybridized carbons (Fsp3) is 0.167. The molecule has 0 spiro atoms. The zero-order valence-corrected chi connectivity index (χ0v) is 14.9. The molecule has 2 aromatic carbocycles. The minimum Gasteiger partial charge on any atom is -0.339 e. The van der Waals surface area contributed by atoms with Gasteiger partial charge in [-0.2, -0.15) is 4.98 Å². The Bertz CT molecular complexity index is 892. The number of amides is 1. The molecule has 0 aliphatic carbocycles. The van der Waals surface area contributed by atoms with Crippen LogP contribution in [0.2, 0.25) is 10.0 Å². The van der Waals surface area contributed by atoms with Crippen molar-refractivity contribution in [3.05, 3.63) is 64.0 Å². The van der Waals surface area contributed by atoms with E-state index in [-0.39, 0.29) is 12.3 Å². The highest BCUT2D eigenvalue weighted by atomic mass is 35.5. The topological polar surface area (TPSA) is 68.0 Å². The summed E-state index contributed by atoms with van der Waals surface area (Å²) in [6.45, 7) is 2.01. The van der Waals surface area contributed by atoms with Crippen molar-refractivity contribution in [3.63, 3.8) is 0 Å². The minimum absolute atomic E-state index is 0.173. The summed E-state index contributed by atoms with van der Waals surface area (Å²) in [4.78, 5) is 16.3. The molecule has 1 amide bonds. The maximum Gasteiger partial charge on any atom is 0.227 e. The van der Waals surface area contributed by atoms with Gasteiger partial charge in [0.05, 0.1) is 10.0 Å². The van der Waals surface area contributed by atoms with Gasteiger partial charge in [0.25, 0.3) is 0 Å². The third-order valence-electron chi connectivity index (χ3n) is 3.55. The number of aryl methyl sites for hydroxylation is 2. The van der Waals surface area contributed by atoms with Gasteiger partial charge in [-0.15, -0.1) is 0 Å². The number of anilines is 1. The van der Waals surface area contributed by atoms with Crippen molar-refractivity contribution in [2.75, 3.05) is 5.32 Å². The molecule has 0 aliphatic rings. The molecule has 3 aromatic rings. The summed E-state index contributed by atoms with van der Waals surface area (Å²) in [6.07, 6.45) is 0.571. The van der Waals surface area contributed by atoms with Gasteiger partial charge < -0.3 is 9.84 Å². The maximum atomic E-state index is 12.0. The van der Waals surface area contributed by atoms with E-state index in [0.29, 0.717) is 33.9 Å². The molecule has 0 radical (unpaired) electrons. The largest absolute Gasteiger partial charge is 0.339 e. The number of carbonyl (C=O) groups is 1. The Labute approximate surface area is 155 Å². The average Bonchev–Trinajstić information content (AvgIpc) is 3.06. The molecule has 3 rings (SSSR count). The van der Waals surface area contributed by atoms with Gasteiger partial charge in [-0.25, -0.2) is 0 Å².